The van der Waals surface area contributed by atoms with Crippen molar-refractivity contribution in [2.24, 2.45) is 5.41 Å². The van der Waals surface area contributed by atoms with Gasteiger partial charge < -0.3 is 19.1 Å². The van der Waals surface area contributed by atoms with E-state index in [9.17, 15) is 0 Å². The molecule has 0 bridgehead atoms. The average molecular weight is 1040 g/mol. The second-order valence-corrected chi connectivity index (χ2v) is 20.8. The molecular weight excluding hydrogens is 976 g/mol. The molecule has 0 spiro atoms. The zero-order valence-corrected chi connectivity index (χ0v) is 41.8. The molecule has 0 N–H and O–H groups in total. The van der Waals surface area contributed by atoms with E-state index in [-0.39, 0.29) is 42.7 Å². The quantitative estimate of drug-likeness (QED) is 0.142. The van der Waals surface area contributed by atoms with Crippen LogP contribution in [0.3, 0.4) is 0 Å². The van der Waals surface area contributed by atoms with Crippen molar-refractivity contribution in [3.63, 3.8) is 0 Å². The number of benzene rings is 6. The molecule has 334 valence electrons. The van der Waals surface area contributed by atoms with Crippen molar-refractivity contribution in [1.29, 1.82) is 0 Å². The van der Waals surface area contributed by atoms with E-state index in [1.54, 1.807) is 0 Å². The van der Waals surface area contributed by atoms with Crippen LogP contribution in [0.25, 0.3) is 38.8 Å². The van der Waals surface area contributed by atoms with Crippen LogP contribution in [0.15, 0.2) is 158 Å². The minimum Gasteiger partial charge on any atom is -0.509 e. The summed E-state index contributed by atoms with van der Waals surface area (Å²) >= 11 is 0. The second-order valence-electron chi connectivity index (χ2n) is 20.8. The van der Waals surface area contributed by atoms with Crippen molar-refractivity contribution in [1.82, 2.24) is 9.55 Å². The Kier molecular flexibility index (Phi) is 12.0. The molecule has 0 radical (unpaired) electrons. The van der Waals surface area contributed by atoms with Crippen molar-refractivity contribution in [2.75, 3.05) is 9.80 Å². The molecule has 65 heavy (non-hydrogen) atoms. The summed E-state index contributed by atoms with van der Waals surface area (Å²) in [5, 5.41) is 2.24. The van der Waals surface area contributed by atoms with Crippen LogP contribution < -0.4 is 14.5 Å². The summed E-state index contributed by atoms with van der Waals surface area (Å²) in [5.41, 5.74) is 12.1. The Morgan fingerprint density at radius 2 is 1.23 bits per heavy atom. The molecule has 8 aromatic rings. The number of ether oxygens (including phenoxy) is 1. The van der Waals surface area contributed by atoms with Crippen LogP contribution in [0.5, 0.6) is 11.5 Å². The Labute approximate surface area is 401 Å². The molecule has 6 heteroatoms. The van der Waals surface area contributed by atoms with Gasteiger partial charge in [0.2, 0.25) is 0 Å². The second kappa shape index (κ2) is 17.1. The predicted octanol–water partition coefficient (Wildman–Crippen LogP) is 15.5. The molecule has 1 aliphatic rings. The maximum Gasteiger partial charge on any atom is 0.135 e. The minimum absolute atomic E-state index is 0. The van der Waals surface area contributed by atoms with Gasteiger partial charge in [0.15, 0.2) is 0 Å². The molecule has 0 unspecified atom stereocenters. The number of rotatable bonds is 8. The molecule has 0 fully saturated rings. The van der Waals surface area contributed by atoms with E-state index >= 15 is 0 Å². The van der Waals surface area contributed by atoms with E-state index in [1.165, 1.54) is 33.4 Å². The normalized spacial score (nSPS) is 13.6. The van der Waals surface area contributed by atoms with E-state index in [0.29, 0.717) is 11.5 Å². The van der Waals surface area contributed by atoms with Crippen LogP contribution in [-0.4, -0.2) is 9.55 Å². The first-order valence-corrected chi connectivity index (χ1v) is 22.4. The van der Waals surface area contributed by atoms with Gasteiger partial charge in [-0.25, -0.2) is 4.98 Å². The number of hydrogen-bond acceptors (Lipinski definition) is 4. The molecule has 3 heterocycles. The molecule has 0 saturated heterocycles. The SMILES string of the molecule is CC(C)(C)C1=CN(c2cc(-c3ccccc3)cc(C(C)(C)C)c2)[CH-]N1c1[c-]c(Oc2[c-]c3c(cc2)c2cc(C(C)(C)c4ccccc4)ccc2n3-c2cc(C(C)(C)C)ccn2)ccc1.[Pt]. The van der Waals surface area contributed by atoms with Gasteiger partial charge >= 0.3 is 0 Å². The summed E-state index contributed by atoms with van der Waals surface area (Å²) in [6.45, 7) is 27.1. The molecule has 5 nitrogen and oxygen atoms in total. The van der Waals surface area contributed by atoms with Crippen LogP contribution in [0.4, 0.5) is 11.4 Å². The van der Waals surface area contributed by atoms with Crippen molar-refractivity contribution in [3.8, 4) is 28.4 Å². The fourth-order valence-corrected chi connectivity index (χ4v) is 8.69. The third-order valence-corrected chi connectivity index (χ3v) is 12.7. The van der Waals surface area contributed by atoms with E-state index in [4.69, 9.17) is 9.72 Å². The molecule has 0 amide bonds. The van der Waals surface area contributed by atoms with Crippen LogP contribution in [0.2, 0.25) is 0 Å². The molecule has 6 aromatic carbocycles. The average Bonchev–Trinajstić information content (AvgIpc) is 3.87. The zero-order chi connectivity index (χ0) is 45.2. The van der Waals surface area contributed by atoms with Gasteiger partial charge in [-0.3, -0.25) is 0 Å². The molecule has 0 aliphatic carbocycles. The summed E-state index contributed by atoms with van der Waals surface area (Å²) in [5.74, 6) is 2.06. The molecule has 0 saturated carbocycles. The van der Waals surface area contributed by atoms with Gasteiger partial charge in [0.05, 0.1) is 0 Å². The van der Waals surface area contributed by atoms with E-state index in [2.05, 4.69) is 237 Å². The molecular formula is C59H59N4OPt-3. The van der Waals surface area contributed by atoms with Gasteiger partial charge in [-0.05, 0) is 86.1 Å². The molecule has 9 rings (SSSR count). The van der Waals surface area contributed by atoms with E-state index in [0.717, 1.165) is 44.7 Å². The minimum atomic E-state index is -0.199. The fourth-order valence-electron chi connectivity index (χ4n) is 8.69. The first-order valence-electron chi connectivity index (χ1n) is 22.4. The number of hydrogen-bond donors (Lipinski definition) is 0. The van der Waals surface area contributed by atoms with Crippen LogP contribution in [0.1, 0.15) is 98.4 Å². The Balaban J connectivity index is 0.00000576. The van der Waals surface area contributed by atoms with Crippen LogP contribution in [0, 0.1) is 24.2 Å². The van der Waals surface area contributed by atoms with Gasteiger partial charge in [-0.1, -0.05) is 161 Å². The van der Waals surface area contributed by atoms with Crippen molar-refractivity contribution in [2.45, 2.75) is 92.4 Å². The number of aromatic nitrogens is 2. The van der Waals surface area contributed by atoms with Gasteiger partial charge in [-0.15, -0.1) is 48.1 Å². The summed E-state index contributed by atoms with van der Waals surface area (Å²) in [6, 6.07) is 57.1. The van der Waals surface area contributed by atoms with Gasteiger partial charge in [0, 0.05) is 66.5 Å². The summed E-state index contributed by atoms with van der Waals surface area (Å²) in [6.07, 6.45) is 4.18. The Morgan fingerprint density at radius 3 is 1.92 bits per heavy atom. The van der Waals surface area contributed by atoms with Gasteiger partial charge in [0.25, 0.3) is 0 Å². The largest absolute Gasteiger partial charge is 0.509 e. The van der Waals surface area contributed by atoms with Crippen molar-refractivity contribution < 1.29 is 25.8 Å². The van der Waals surface area contributed by atoms with Crippen molar-refractivity contribution >= 4 is 33.2 Å². The molecule has 0 atom stereocenters. The Bertz CT molecular complexity index is 3030. The number of allylic oxidation sites excluding steroid dienone is 1. The van der Waals surface area contributed by atoms with Gasteiger partial charge in [0.1, 0.15) is 5.82 Å². The topological polar surface area (TPSA) is 33.5 Å². The Hall–Kier alpha value is -5.90. The standard InChI is InChI=1S/C59H59N4O.Pt/c1-56(2,3)43-29-30-60-55(35-43)63-52-28-25-44(59(10,11)42-21-16-13-17-22-42)34-51(52)50-27-26-49(37-53(50)63)64-48-24-18-23-46(36-48)62-39-61(38-54(62)58(7,8)9)47-32-41(40-19-14-12-15-20-40)31-45(33-47)57(4,5)6;/h12-35,38-39H,1-11H3;/q-3;. The third kappa shape index (κ3) is 9.05. The van der Waals surface area contributed by atoms with Crippen LogP contribution >= 0.6 is 0 Å². The first kappa shape index (κ1) is 45.7. The number of nitrogens with zero attached hydrogens (tertiary/aromatic N) is 4. The smallest absolute Gasteiger partial charge is 0.135 e. The number of anilines is 2. The predicted molar refractivity (Wildman–Crippen MR) is 267 cm³/mol. The summed E-state index contributed by atoms with van der Waals surface area (Å²) in [4.78, 5) is 9.44. The summed E-state index contributed by atoms with van der Waals surface area (Å²) < 4.78 is 8.95. The van der Waals surface area contributed by atoms with E-state index in [1.807, 2.05) is 24.4 Å². The monoisotopic (exact) mass is 1030 g/mol. The van der Waals surface area contributed by atoms with Gasteiger partial charge in [-0.2, -0.15) is 12.1 Å². The van der Waals surface area contributed by atoms with Crippen molar-refractivity contribution in [3.05, 3.63) is 199 Å². The zero-order valence-electron chi connectivity index (χ0n) is 39.5. The number of pyridine rings is 1. The number of fused-ring (bicyclic) bond motifs is 3. The van der Waals surface area contributed by atoms with Crippen LogP contribution in [-0.2, 0) is 37.3 Å². The van der Waals surface area contributed by atoms with E-state index < -0.39 is 0 Å². The molecule has 2 aromatic heterocycles. The maximum absolute atomic E-state index is 6.72. The Morgan fingerprint density at radius 1 is 0.538 bits per heavy atom. The maximum atomic E-state index is 6.72. The summed E-state index contributed by atoms with van der Waals surface area (Å²) in [7, 11) is 0. The third-order valence-electron chi connectivity index (χ3n) is 12.7. The molecule has 1 aliphatic heterocycles. The first-order chi connectivity index (χ1) is 30.3. The fraction of sp³-hybridized carbons (Fsp3) is 0.254.